The third-order valence-corrected chi connectivity index (χ3v) is 3.53. The zero-order chi connectivity index (χ0) is 13.2. The highest BCUT2D eigenvalue weighted by Crippen LogP contribution is 2.22. The molecule has 0 aliphatic carbocycles. The first-order valence-electron chi connectivity index (χ1n) is 6.53. The summed E-state index contributed by atoms with van der Waals surface area (Å²) < 4.78 is 5.32. The van der Waals surface area contributed by atoms with Crippen LogP contribution in [0.4, 0.5) is 0 Å². The zero-order valence-electron chi connectivity index (χ0n) is 10.6. The number of furan rings is 1. The van der Waals surface area contributed by atoms with Crippen molar-refractivity contribution in [2.24, 2.45) is 0 Å². The number of hydrogen-bond acceptors (Lipinski definition) is 3. The maximum atomic E-state index is 12.1. The van der Waals surface area contributed by atoms with E-state index >= 15 is 0 Å². The summed E-state index contributed by atoms with van der Waals surface area (Å²) in [4.78, 5) is 25.8. The number of Topliss-reactive ketones (excluding diaryl/α,β-unsaturated/α-hetero) is 1. The van der Waals surface area contributed by atoms with Gasteiger partial charge < -0.3 is 9.32 Å². The highest BCUT2D eigenvalue weighted by molar-refractivity contribution is 6.12. The van der Waals surface area contributed by atoms with Crippen LogP contribution in [0.2, 0.25) is 0 Å². The average Bonchev–Trinajstić information content (AvgIpc) is 3.08. The van der Waals surface area contributed by atoms with Crippen LogP contribution in [0.15, 0.2) is 34.9 Å². The van der Waals surface area contributed by atoms with Gasteiger partial charge in [-0.05, 0) is 12.8 Å². The van der Waals surface area contributed by atoms with Crippen molar-refractivity contribution in [2.45, 2.75) is 19.3 Å². The number of ketones is 1. The fourth-order valence-corrected chi connectivity index (χ4v) is 2.50. The smallest absolute Gasteiger partial charge is 0.230 e. The van der Waals surface area contributed by atoms with Crippen LogP contribution in [0.5, 0.6) is 0 Å². The Hall–Kier alpha value is -2.10. The fourth-order valence-electron chi connectivity index (χ4n) is 2.50. The van der Waals surface area contributed by atoms with Gasteiger partial charge >= 0.3 is 0 Å². The number of likely N-dealkylation sites (tertiary alicyclic amines) is 1. The quantitative estimate of drug-likeness (QED) is 0.627. The molecule has 3 rings (SSSR count). The van der Waals surface area contributed by atoms with Gasteiger partial charge in [-0.1, -0.05) is 24.3 Å². The molecule has 0 N–H and O–H groups in total. The number of amides is 1. The van der Waals surface area contributed by atoms with Gasteiger partial charge in [-0.25, -0.2) is 0 Å². The number of hydrogen-bond donors (Lipinski definition) is 0. The molecule has 19 heavy (non-hydrogen) atoms. The Morgan fingerprint density at radius 1 is 1.16 bits per heavy atom. The predicted octanol–water partition coefficient (Wildman–Crippen LogP) is 2.63. The van der Waals surface area contributed by atoms with E-state index in [2.05, 4.69) is 0 Å². The molecule has 1 aliphatic rings. The summed E-state index contributed by atoms with van der Waals surface area (Å²) in [5, 5.41) is 1.67. The van der Waals surface area contributed by atoms with Crippen molar-refractivity contribution in [3.8, 4) is 0 Å². The molecule has 1 aromatic heterocycles. The summed E-state index contributed by atoms with van der Waals surface area (Å²) in [6.45, 7) is 1.54. The van der Waals surface area contributed by atoms with E-state index in [1.807, 2.05) is 24.3 Å². The lowest BCUT2D eigenvalue weighted by atomic mass is 10.1. The highest BCUT2D eigenvalue weighted by atomic mass is 16.3. The molecule has 0 bridgehead atoms. The van der Waals surface area contributed by atoms with Crippen LogP contribution < -0.4 is 0 Å². The van der Waals surface area contributed by atoms with Crippen LogP contribution in [0.3, 0.4) is 0 Å². The molecule has 0 unspecified atom stereocenters. The molecule has 1 amide bonds. The van der Waals surface area contributed by atoms with E-state index in [0.717, 1.165) is 36.7 Å². The molecule has 1 aliphatic heterocycles. The van der Waals surface area contributed by atoms with Gasteiger partial charge in [0.1, 0.15) is 0 Å². The lowest BCUT2D eigenvalue weighted by Gasteiger charge is -2.13. The van der Waals surface area contributed by atoms with E-state index in [1.165, 1.54) is 0 Å². The third kappa shape index (κ3) is 2.26. The average molecular weight is 257 g/mol. The first-order valence-corrected chi connectivity index (χ1v) is 6.53. The van der Waals surface area contributed by atoms with Crippen molar-refractivity contribution in [1.82, 2.24) is 4.90 Å². The summed E-state index contributed by atoms with van der Waals surface area (Å²) in [6, 6.07) is 7.47. The Labute approximate surface area is 111 Å². The van der Waals surface area contributed by atoms with Gasteiger partial charge in [0.2, 0.25) is 11.7 Å². The van der Waals surface area contributed by atoms with E-state index in [9.17, 15) is 9.59 Å². The summed E-state index contributed by atoms with van der Waals surface area (Å²) in [5.41, 5.74) is 0. The number of rotatable bonds is 3. The SMILES string of the molecule is O=C(CC(=O)N1CCCC1)c1occ2ccccc12. The molecule has 1 saturated heterocycles. The number of carbonyl (C=O) groups is 2. The molecule has 98 valence electrons. The number of fused-ring (bicyclic) bond motifs is 1. The molecule has 4 heteroatoms. The lowest BCUT2D eigenvalue weighted by Crippen LogP contribution is -2.29. The second-order valence-corrected chi connectivity index (χ2v) is 4.84. The first kappa shape index (κ1) is 12.0. The third-order valence-electron chi connectivity index (χ3n) is 3.53. The topological polar surface area (TPSA) is 50.5 Å². The second kappa shape index (κ2) is 4.88. The molecule has 0 saturated carbocycles. The van der Waals surface area contributed by atoms with Gasteiger partial charge in [0, 0.05) is 23.9 Å². The fraction of sp³-hybridized carbons (Fsp3) is 0.333. The number of carbonyl (C=O) groups excluding carboxylic acids is 2. The maximum absolute atomic E-state index is 12.1. The van der Waals surface area contributed by atoms with Gasteiger partial charge in [0.05, 0.1) is 12.7 Å². The van der Waals surface area contributed by atoms with Crippen LogP contribution in [-0.2, 0) is 4.79 Å². The van der Waals surface area contributed by atoms with Crippen molar-refractivity contribution in [3.63, 3.8) is 0 Å². The van der Waals surface area contributed by atoms with E-state index in [-0.39, 0.29) is 18.1 Å². The highest BCUT2D eigenvalue weighted by Gasteiger charge is 2.23. The van der Waals surface area contributed by atoms with E-state index in [0.29, 0.717) is 5.76 Å². The van der Waals surface area contributed by atoms with Gasteiger partial charge in [-0.3, -0.25) is 9.59 Å². The van der Waals surface area contributed by atoms with Crippen LogP contribution in [-0.4, -0.2) is 29.7 Å². The normalized spacial score (nSPS) is 15.1. The molecule has 1 aromatic carbocycles. The largest absolute Gasteiger partial charge is 0.460 e. The first-order chi connectivity index (χ1) is 9.25. The van der Waals surface area contributed by atoms with Crippen LogP contribution in [0.1, 0.15) is 29.8 Å². The molecule has 0 radical (unpaired) electrons. The molecule has 2 heterocycles. The monoisotopic (exact) mass is 257 g/mol. The Bertz CT molecular complexity index is 623. The van der Waals surface area contributed by atoms with Crippen LogP contribution >= 0.6 is 0 Å². The minimum atomic E-state index is -0.238. The minimum Gasteiger partial charge on any atom is -0.460 e. The summed E-state index contributed by atoms with van der Waals surface area (Å²) in [5.74, 6) is -0.0378. The maximum Gasteiger partial charge on any atom is 0.230 e. The van der Waals surface area contributed by atoms with E-state index < -0.39 is 0 Å². The van der Waals surface area contributed by atoms with Crippen molar-refractivity contribution in [1.29, 1.82) is 0 Å². The standard InChI is InChI=1S/C15H15NO3/c17-13(9-14(18)16-7-3-4-8-16)15-12-6-2-1-5-11(12)10-19-15/h1-2,5-6,10H,3-4,7-9H2. The van der Waals surface area contributed by atoms with Crippen LogP contribution in [0, 0.1) is 0 Å². The molecule has 0 atom stereocenters. The minimum absolute atomic E-state index is 0.0945. The van der Waals surface area contributed by atoms with Crippen LogP contribution in [0.25, 0.3) is 10.8 Å². The molecule has 4 nitrogen and oxygen atoms in total. The summed E-state index contributed by atoms with van der Waals surface area (Å²) in [6.07, 6.45) is 3.52. The molecular formula is C15H15NO3. The summed E-state index contributed by atoms with van der Waals surface area (Å²) >= 11 is 0. The molecular weight excluding hydrogens is 242 g/mol. The molecule has 1 fully saturated rings. The molecule has 2 aromatic rings. The van der Waals surface area contributed by atoms with Gasteiger partial charge in [0.15, 0.2) is 5.76 Å². The van der Waals surface area contributed by atoms with Gasteiger partial charge in [-0.15, -0.1) is 0 Å². The van der Waals surface area contributed by atoms with Crippen molar-refractivity contribution in [2.75, 3.05) is 13.1 Å². The predicted molar refractivity (Wildman–Crippen MR) is 71.0 cm³/mol. The zero-order valence-corrected chi connectivity index (χ0v) is 10.6. The number of benzene rings is 1. The van der Waals surface area contributed by atoms with E-state index in [1.54, 1.807) is 11.2 Å². The van der Waals surface area contributed by atoms with Gasteiger partial charge in [-0.2, -0.15) is 0 Å². The van der Waals surface area contributed by atoms with Gasteiger partial charge in [0.25, 0.3) is 0 Å². The lowest BCUT2D eigenvalue weighted by molar-refractivity contribution is -0.129. The Kier molecular flexibility index (Phi) is 3.07. The number of nitrogens with zero attached hydrogens (tertiary/aromatic N) is 1. The second-order valence-electron chi connectivity index (χ2n) is 4.84. The van der Waals surface area contributed by atoms with E-state index in [4.69, 9.17) is 4.42 Å². The summed E-state index contributed by atoms with van der Waals surface area (Å²) in [7, 11) is 0. The Morgan fingerprint density at radius 3 is 2.68 bits per heavy atom. The Balaban J connectivity index is 1.78. The van der Waals surface area contributed by atoms with Crippen molar-refractivity contribution in [3.05, 3.63) is 36.3 Å². The van der Waals surface area contributed by atoms with Crippen molar-refractivity contribution < 1.29 is 14.0 Å². The van der Waals surface area contributed by atoms with Crippen molar-refractivity contribution >= 4 is 22.5 Å². The molecule has 0 spiro atoms. The Morgan fingerprint density at radius 2 is 1.89 bits per heavy atom.